The normalized spacial score (nSPS) is 11.9. The number of hydrogen-bond acceptors (Lipinski definition) is 4. The van der Waals surface area contributed by atoms with Crippen molar-refractivity contribution in [2.45, 2.75) is 26.3 Å². The molecule has 0 aromatic heterocycles. The Balaban J connectivity index is 4.57. The van der Waals surface area contributed by atoms with Gasteiger partial charge >= 0.3 is 6.09 Å². The maximum Gasteiger partial charge on any atom is 0.405 e. The van der Waals surface area contributed by atoms with Crippen LogP contribution in [0.1, 0.15) is 20.8 Å². The molecule has 0 saturated heterocycles. The summed E-state index contributed by atoms with van der Waals surface area (Å²) in [6.07, 6.45) is -1.32. The van der Waals surface area contributed by atoms with E-state index in [0.29, 0.717) is 0 Å². The predicted molar refractivity (Wildman–Crippen MR) is 52.8 cm³/mol. The molecule has 0 rings (SSSR count). The van der Waals surface area contributed by atoms with Crippen molar-refractivity contribution in [2.24, 2.45) is 0 Å². The van der Waals surface area contributed by atoms with Crippen LogP contribution in [0.3, 0.4) is 0 Å². The van der Waals surface area contributed by atoms with Gasteiger partial charge < -0.3 is 10.4 Å². The minimum Gasteiger partial charge on any atom is -0.465 e. The minimum atomic E-state index is -3.81. The minimum absolute atomic E-state index is 0.508. The van der Waals surface area contributed by atoms with E-state index in [4.69, 9.17) is 5.11 Å². The molecule has 0 atom stereocenters. The summed E-state index contributed by atoms with van der Waals surface area (Å²) >= 11 is 0. The summed E-state index contributed by atoms with van der Waals surface area (Å²) in [4.78, 5) is 20.9. The van der Waals surface area contributed by atoms with Crippen LogP contribution in [0.25, 0.3) is 0 Å². The Kier molecular flexibility index (Phi) is 4.08. The van der Waals surface area contributed by atoms with E-state index < -0.39 is 33.3 Å². The summed E-state index contributed by atoms with van der Waals surface area (Å²) in [7, 11) is -3.81. The molecule has 0 unspecified atom stereocenters. The first-order valence-electron chi connectivity index (χ1n) is 4.06. The second-order valence-electron chi connectivity index (χ2n) is 3.73. The molecule has 0 bridgehead atoms. The lowest BCUT2D eigenvalue weighted by atomic mass is 10.1. The summed E-state index contributed by atoms with van der Waals surface area (Å²) in [5.74, 6) is -1.22. The smallest absolute Gasteiger partial charge is 0.405 e. The Labute approximate surface area is 87.9 Å². The van der Waals surface area contributed by atoms with Crippen molar-refractivity contribution in [3.05, 3.63) is 0 Å². The second-order valence-corrected chi connectivity index (χ2v) is 5.45. The lowest BCUT2D eigenvalue weighted by Crippen LogP contribution is -2.50. The maximum atomic E-state index is 11.3. The molecule has 0 fully saturated rings. The highest BCUT2D eigenvalue weighted by Crippen LogP contribution is 2.05. The van der Waals surface area contributed by atoms with Crippen LogP contribution < -0.4 is 10.0 Å². The summed E-state index contributed by atoms with van der Waals surface area (Å²) < 4.78 is 24.3. The van der Waals surface area contributed by atoms with Crippen molar-refractivity contribution in [3.8, 4) is 0 Å². The Morgan fingerprint density at radius 3 is 2.13 bits per heavy atom. The van der Waals surface area contributed by atoms with Crippen molar-refractivity contribution in [1.29, 1.82) is 0 Å². The number of nitrogens with one attached hydrogen (secondary N) is 2. The zero-order valence-electron chi connectivity index (χ0n) is 8.70. The predicted octanol–water partition coefficient (Wildman–Crippen LogP) is -0.501. The maximum absolute atomic E-state index is 11.3. The Hall–Kier alpha value is -1.31. The largest absolute Gasteiger partial charge is 0.465 e. The molecule has 0 aliphatic rings. The van der Waals surface area contributed by atoms with Crippen LogP contribution in [0.4, 0.5) is 4.79 Å². The third-order valence-corrected chi connectivity index (χ3v) is 3.00. The van der Waals surface area contributed by atoms with E-state index in [2.05, 4.69) is 0 Å². The average molecular weight is 238 g/mol. The van der Waals surface area contributed by atoms with E-state index in [9.17, 15) is 18.0 Å². The van der Waals surface area contributed by atoms with Crippen LogP contribution in [0.15, 0.2) is 0 Å². The molecule has 0 aromatic rings. The summed E-state index contributed by atoms with van der Waals surface area (Å²) in [5.41, 5.74) is -1.16. The van der Waals surface area contributed by atoms with Crippen molar-refractivity contribution < 1.29 is 23.1 Å². The molecule has 0 saturated carbocycles. The first-order valence-corrected chi connectivity index (χ1v) is 5.71. The highest BCUT2D eigenvalue weighted by molar-refractivity contribution is 7.90. The van der Waals surface area contributed by atoms with Crippen molar-refractivity contribution >= 4 is 22.0 Å². The van der Waals surface area contributed by atoms with Gasteiger partial charge in [-0.15, -0.1) is 0 Å². The van der Waals surface area contributed by atoms with E-state index in [1.165, 1.54) is 13.8 Å². The first-order chi connectivity index (χ1) is 6.54. The molecule has 7 nitrogen and oxygen atoms in total. The highest BCUT2D eigenvalue weighted by Gasteiger charge is 2.28. The fraction of sp³-hybridized carbons (Fsp3) is 0.714. The highest BCUT2D eigenvalue weighted by atomic mass is 32.2. The van der Waals surface area contributed by atoms with Gasteiger partial charge in [0.25, 0.3) is 0 Å². The van der Waals surface area contributed by atoms with E-state index in [-0.39, 0.29) is 0 Å². The number of hydrogen-bond donors (Lipinski definition) is 3. The van der Waals surface area contributed by atoms with Gasteiger partial charge in [0.1, 0.15) is 0 Å². The third kappa shape index (κ3) is 6.72. The van der Waals surface area contributed by atoms with Crippen LogP contribution in [-0.4, -0.2) is 36.8 Å². The second kappa shape index (κ2) is 4.47. The number of carboxylic acid groups (broad SMARTS) is 1. The van der Waals surface area contributed by atoms with Crippen molar-refractivity contribution in [1.82, 2.24) is 10.0 Å². The van der Waals surface area contributed by atoms with Gasteiger partial charge in [-0.2, -0.15) is 0 Å². The SMILES string of the molecule is CC(=O)NS(=O)(=O)CC(C)(C)NC(=O)O. The molecule has 0 aliphatic carbocycles. The Morgan fingerprint density at radius 1 is 1.33 bits per heavy atom. The van der Waals surface area contributed by atoms with E-state index in [0.717, 1.165) is 6.92 Å². The summed E-state index contributed by atoms with van der Waals surface area (Å²) in [5, 5.41) is 10.5. The van der Waals surface area contributed by atoms with E-state index >= 15 is 0 Å². The quantitative estimate of drug-likeness (QED) is 0.611. The fourth-order valence-electron chi connectivity index (χ4n) is 1.06. The number of carbonyl (C=O) groups excluding carboxylic acids is 1. The molecule has 0 aliphatic heterocycles. The lowest BCUT2D eigenvalue weighted by Gasteiger charge is -2.23. The standard InChI is InChI=1S/C7H14N2O5S/c1-5(10)9-15(13,14)4-7(2,3)8-6(11)12/h8H,4H2,1-3H3,(H,9,10)(H,11,12). The molecule has 8 heteroatoms. The van der Waals surface area contributed by atoms with Gasteiger partial charge in [0, 0.05) is 6.92 Å². The molecular weight excluding hydrogens is 224 g/mol. The molecule has 15 heavy (non-hydrogen) atoms. The van der Waals surface area contributed by atoms with Crippen LogP contribution in [0.2, 0.25) is 0 Å². The van der Waals surface area contributed by atoms with Gasteiger partial charge in [-0.25, -0.2) is 13.2 Å². The zero-order valence-corrected chi connectivity index (χ0v) is 9.51. The molecule has 0 heterocycles. The zero-order chi connectivity index (χ0) is 12.3. The number of carbonyl (C=O) groups is 2. The van der Waals surface area contributed by atoms with Crippen LogP contribution in [-0.2, 0) is 14.8 Å². The Bertz CT molecular complexity index is 360. The van der Waals surface area contributed by atoms with Gasteiger partial charge in [-0.1, -0.05) is 0 Å². The van der Waals surface area contributed by atoms with E-state index in [1.807, 2.05) is 5.32 Å². The molecule has 2 amide bonds. The molecule has 88 valence electrons. The molecule has 3 N–H and O–H groups in total. The van der Waals surface area contributed by atoms with Gasteiger partial charge in [-0.3, -0.25) is 9.52 Å². The van der Waals surface area contributed by atoms with Gasteiger partial charge in [0.15, 0.2) is 0 Å². The molecule has 0 radical (unpaired) electrons. The van der Waals surface area contributed by atoms with Gasteiger partial charge in [0.05, 0.1) is 11.3 Å². The number of rotatable bonds is 4. The lowest BCUT2D eigenvalue weighted by molar-refractivity contribution is -0.117. The molecular formula is C7H14N2O5S. The monoisotopic (exact) mass is 238 g/mol. The molecule has 0 spiro atoms. The summed E-state index contributed by atoms with van der Waals surface area (Å²) in [6, 6.07) is 0. The number of sulfonamides is 1. The average Bonchev–Trinajstić information content (AvgIpc) is 1.73. The topological polar surface area (TPSA) is 113 Å². The van der Waals surface area contributed by atoms with Crippen LogP contribution in [0, 0.1) is 0 Å². The van der Waals surface area contributed by atoms with Crippen molar-refractivity contribution in [2.75, 3.05) is 5.75 Å². The van der Waals surface area contributed by atoms with Gasteiger partial charge in [-0.05, 0) is 13.8 Å². The fourth-order valence-corrected chi connectivity index (χ4v) is 2.59. The molecule has 0 aromatic carbocycles. The van der Waals surface area contributed by atoms with Gasteiger partial charge in [0.2, 0.25) is 15.9 Å². The third-order valence-electron chi connectivity index (χ3n) is 1.30. The van der Waals surface area contributed by atoms with Crippen LogP contribution in [0.5, 0.6) is 0 Å². The van der Waals surface area contributed by atoms with Crippen LogP contribution >= 0.6 is 0 Å². The van der Waals surface area contributed by atoms with Crippen molar-refractivity contribution in [3.63, 3.8) is 0 Å². The number of amides is 2. The first kappa shape index (κ1) is 13.7. The summed E-state index contributed by atoms with van der Waals surface area (Å²) in [6.45, 7) is 3.87. The Morgan fingerprint density at radius 2 is 1.80 bits per heavy atom. The van der Waals surface area contributed by atoms with E-state index in [1.54, 1.807) is 4.72 Å².